The average Bonchev–Trinajstić information content (AvgIpc) is 3.17. The van der Waals surface area contributed by atoms with Crippen LogP contribution in [0, 0.1) is 11.8 Å². The van der Waals surface area contributed by atoms with E-state index in [1.165, 1.54) is 6.07 Å². The number of aliphatic hydroxyl groups excluding tert-OH is 3. The summed E-state index contributed by atoms with van der Waals surface area (Å²) in [4.78, 5) is 0.642. The number of rotatable bonds is 4. The van der Waals surface area contributed by atoms with Crippen LogP contribution in [0.25, 0.3) is 0 Å². The fourth-order valence-electron chi connectivity index (χ4n) is 2.96. The summed E-state index contributed by atoms with van der Waals surface area (Å²) >= 11 is 1.09. The molecule has 1 fully saturated rings. The Hall–Kier alpha value is -1.73. The highest BCUT2D eigenvalue weighted by Gasteiger charge is 2.41. The molecule has 0 bridgehead atoms. The van der Waals surface area contributed by atoms with Gasteiger partial charge in [0.25, 0.3) is 0 Å². The Kier molecular flexibility index (Phi) is 6.55. The maximum atomic E-state index is 12.6. The lowest BCUT2D eigenvalue weighted by Crippen LogP contribution is -2.56. The lowest BCUT2D eigenvalue weighted by atomic mass is 9.94. The van der Waals surface area contributed by atoms with E-state index < -0.39 is 40.4 Å². The van der Waals surface area contributed by atoms with E-state index >= 15 is 0 Å². The molecule has 28 heavy (non-hydrogen) atoms. The Labute approximate surface area is 168 Å². The van der Waals surface area contributed by atoms with Crippen molar-refractivity contribution in [3.63, 3.8) is 0 Å². The molecule has 1 aliphatic heterocycles. The van der Waals surface area contributed by atoms with Crippen LogP contribution in [0.5, 0.6) is 0 Å². The molecule has 1 aliphatic rings. The maximum absolute atomic E-state index is 12.6. The minimum atomic E-state index is -3.58. The second-order valence-corrected chi connectivity index (χ2v) is 10.1. The van der Waals surface area contributed by atoms with Crippen molar-refractivity contribution in [2.75, 3.05) is 5.75 Å². The Morgan fingerprint density at radius 1 is 1.00 bits per heavy atom. The van der Waals surface area contributed by atoms with E-state index in [-0.39, 0.29) is 16.4 Å². The third-order valence-corrected chi connectivity index (χ3v) is 7.94. The quantitative estimate of drug-likeness (QED) is 0.640. The second-order valence-electron chi connectivity index (χ2n) is 6.69. The van der Waals surface area contributed by atoms with Gasteiger partial charge in [-0.15, -0.1) is 11.3 Å². The number of ether oxygens (including phenoxy) is 1. The van der Waals surface area contributed by atoms with E-state index in [0.29, 0.717) is 4.88 Å². The van der Waals surface area contributed by atoms with Gasteiger partial charge in [0.05, 0.1) is 22.8 Å². The summed E-state index contributed by atoms with van der Waals surface area (Å²) in [5, 5.41) is 29.6. The minimum Gasteiger partial charge on any atom is -0.388 e. The van der Waals surface area contributed by atoms with Crippen molar-refractivity contribution < 1.29 is 28.5 Å². The molecule has 3 N–H and O–H groups in total. The summed E-state index contributed by atoms with van der Waals surface area (Å²) in [5.74, 6) is 5.71. The van der Waals surface area contributed by atoms with Gasteiger partial charge in [-0.3, -0.25) is 0 Å². The first-order valence-electron chi connectivity index (χ1n) is 8.87. The van der Waals surface area contributed by atoms with Crippen LogP contribution in [-0.2, 0) is 14.6 Å². The van der Waals surface area contributed by atoms with Gasteiger partial charge in [-0.25, -0.2) is 8.42 Å². The SMILES string of the molecule is CC1O[C@H](CCS(=O)(=O)c2ccc(C#Cc3ccccc3)s2)C(O)[C@@H](O)[C@@H]1O. The molecule has 150 valence electrons. The van der Waals surface area contributed by atoms with Gasteiger partial charge in [-0.05, 0) is 37.6 Å². The van der Waals surface area contributed by atoms with Crippen LogP contribution in [0.15, 0.2) is 46.7 Å². The molecular formula is C20H22O6S2. The first kappa shape index (κ1) is 21.0. The first-order chi connectivity index (χ1) is 13.3. The molecule has 2 heterocycles. The van der Waals surface area contributed by atoms with Crippen molar-refractivity contribution in [1.29, 1.82) is 0 Å². The molecule has 1 saturated heterocycles. The molecule has 1 aromatic heterocycles. The van der Waals surface area contributed by atoms with Crippen LogP contribution in [-0.4, -0.2) is 60.0 Å². The molecule has 3 rings (SSSR count). The van der Waals surface area contributed by atoms with Gasteiger partial charge < -0.3 is 20.1 Å². The zero-order valence-corrected chi connectivity index (χ0v) is 16.9. The van der Waals surface area contributed by atoms with Crippen molar-refractivity contribution in [3.05, 3.63) is 52.9 Å². The van der Waals surface area contributed by atoms with E-state index in [9.17, 15) is 23.7 Å². The zero-order chi connectivity index (χ0) is 20.3. The Balaban J connectivity index is 1.66. The second kappa shape index (κ2) is 8.74. The van der Waals surface area contributed by atoms with Gasteiger partial charge in [0.1, 0.15) is 22.5 Å². The normalized spacial score (nSPS) is 27.8. The number of hydrogen-bond acceptors (Lipinski definition) is 7. The lowest BCUT2D eigenvalue weighted by molar-refractivity contribution is -0.217. The van der Waals surface area contributed by atoms with Crippen LogP contribution < -0.4 is 0 Å². The van der Waals surface area contributed by atoms with Gasteiger partial charge in [-0.1, -0.05) is 30.0 Å². The number of benzene rings is 1. The molecule has 0 radical (unpaired) electrons. The summed E-state index contributed by atoms with van der Waals surface area (Å²) in [6.45, 7) is 1.57. The topological polar surface area (TPSA) is 104 Å². The van der Waals surface area contributed by atoms with Crippen LogP contribution >= 0.6 is 11.3 Å². The Morgan fingerprint density at radius 3 is 2.43 bits per heavy atom. The maximum Gasteiger partial charge on any atom is 0.187 e. The van der Waals surface area contributed by atoms with E-state index in [1.807, 2.05) is 30.3 Å². The van der Waals surface area contributed by atoms with E-state index in [2.05, 4.69) is 11.8 Å². The van der Waals surface area contributed by atoms with E-state index in [4.69, 9.17) is 4.74 Å². The predicted molar refractivity (Wildman–Crippen MR) is 106 cm³/mol. The third kappa shape index (κ3) is 4.81. The molecule has 0 amide bonds. The van der Waals surface area contributed by atoms with Crippen molar-refractivity contribution in [1.82, 2.24) is 0 Å². The molecule has 5 atom stereocenters. The summed E-state index contributed by atoms with van der Waals surface area (Å²) in [5.41, 5.74) is 0.846. The van der Waals surface area contributed by atoms with Gasteiger partial charge in [0.2, 0.25) is 0 Å². The number of aliphatic hydroxyl groups is 3. The molecule has 8 heteroatoms. The van der Waals surface area contributed by atoms with Gasteiger partial charge in [0.15, 0.2) is 9.84 Å². The summed E-state index contributed by atoms with van der Waals surface area (Å²) < 4.78 is 30.9. The number of hydrogen-bond donors (Lipinski definition) is 3. The van der Waals surface area contributed by atoms with Crippen molar-refractivity contribution in [3.8, 4) is 11.8 Å². The molecular weight excluding hydrogens is 400 g/mol. The highest BCUT2D eigenvalue weighted by atomic mass is 32.2. The van der Waals surface area contributed by atoms with Crippen molar-refractivity contribution in [2.45, 2.75) is 48.1 Å². The van der Waals surface area contributed by atoms with Crippen molar-refractivity contribution >= 4 is 21.2 Å². The summed E-state index contributed by atoms with van der Waals surface area (Å²) in [7, 11) is -3.58. The number of sulfone groups is 1. The Morgan fingerprint density at radius 2 is 1.71 bits per heavy atom. The molecule has 2 unspecified atom stereocenters. The molecule has 2 aromatic rings. The molecule has 1 aromatic carbocycles. The fourth-order valence-corrected chi connectivity index (χ4v) is 5.59. The van der Waals surface area contributed by atoms with Gasteiger partial charge in [0, 0.05) is 5.56 Å². The van der Waals surface area contributed by atoms with Crippen LogP contribution in [0.2, 0.25) is 0 Å². The average molecular weight is 423 g/mol. The smallest absolute Gasteiger partial charge is 0.187 e. The lowest BCUT2D eigenvalue weighted by Gasteiger charge is -2.39. The molecule has 0 saturated carbocycles. The van der Waals surface area contributed by atoms with Gasteiger partial charge >= 0.3 is 0 Å². The minimum absolute atomic E-state index is 0.0144. The highest BCUT2D eigenvalue weighted by molar-refractivity contribution is 7.93. The van der Waals surface area contributed by atoms with Gasteiger partial charge in [-0.2, -0.15) is 0 Å². The summed E-state index contributed by atoms with van der Waals surface area (Å²) in [6.07, 6.45) is -5.44. The fraction of sp³-hybridized carbons (Fsp3) is 0.400. The third-order valence-electron chi connectivity index (χ3n) is 4.61. The van der Waals surface area contributed by atoms with Crippen LogP contribution in [0.1, 0.15) is 23.8 Å². The van der Waals surface area contributed by atoms with Crippen LogP contribution in [0.4, 0.5) is 0 Å². The van der Waals surface area contributed by atoms with Crippen molar-refractivity contribution in [2.24, 2.45) is 0 Å². The first-order valence-corrected chi connectivity index (χ1v) is 11.3. The largest absolute Gasteiger partial charge is 0.388 e. The standard InChI is InChI=1S/C20H22O6S2/c1-13-18(21)20(23)19(22)16(26-13)11-12-28(24,25)17-10-9-15(27-17)8-7-14-5-3-2-4-6-14/h2-6,9-10,13,16,18-23H,11-12H2,1H3/t13?,16-,18-,19?,20+/m1/s1. The molecule has 6 nitrogen and oxygen atoms in total. The highest BCUT2D eigenvalue weighted by Crippen LogP contribution is 2.26. The van der Waals surface area contributed by atoms with E-state index in [1.54, 1.807) is 13.0 Å². The summed E-state index contributed by atoms with van der Waals surface area (Å²) in [6, 6.07) is 12.6. The zero-order valence-electron chi connectivity index (χ0n) is 15.2. The Bertz CT molecular complexity index is 957. The predicted octanol–water partition coefficient (Wildman–Crippen LogP) is 1.18. The molecule has 0 spiro atoms. The monoisotopic (exact) mass is 422 g/mol. The van der Waals surface area contributed by atoms with E-state index in [0.717, 1.165) is 16.9 Å². The number of thiophene rings is 1. The van der Waals surface area contributed by atoms with Crippen LogP contribution in [0.3, 0.4) is 0 Å². The molecule has 0 aliphatic carbocycles.